The minimum absolute atomic E-state index is 0.214. The predicted octanol–water partition coefficient (Wildman–Crippen LogP) is 3.85. The summed E-state index contributed by atoms with van der Waals surface area (Å²) in [6.07, 6.45) is 1.54. The number of rotatable bonds is 4. The molecule has 0 radical (unpaired) electrons. The van der Waals surface area contributed by atoms with Gasteiger partial charge in [0.05, 0.1) is 23.3 Å². The quantitative estimate of drug-likeness (QED) is 0.675. The zero-order valence-electron chi connectivity index (χ0n) is 14.2. The lowest BCUT2D eigenvalue weighted by Crippen LogP contribution is -2.11. The topological polar surface area (TPSA) is 84.7 Å². The molecule has 0 unspecified atom stereocenters. The average molecular weight is 377 g/mol. The zero-order chi connectivity index (χ0) is 18.1. The standard InChI is InChI=1S/C16H17ClN6OS/c1-8-5-11(6-13(17)19-8)20-16-18-7-12(25-16)15(24)21-14-9(2)22-23(4)10(14)3/h5-7H,1-4H3,(H,21,24)(H,18,19,20). The molecule has 1 amide bonds. The van der Waals surface area contributed by atoms with Gasteiger partial charge in [0, 0.05) is 18.4 Å². The van der Waals surface area contributed by atoms with E-state index in [4.69, 9.17) is 11.6 Å². The van der Waals surface area contributed by atoms with Crippen LogP contribution in [0.3, 0.4) is 0 Å². The van der Waals surface area contributed by atoms with Gasteiger partial charge in [0.1, 0.15) is 10.0 Å². The number of carbonyl (C=O) groups is 1. The molecule has 25 heavy (non-hydrogen) atoms. The van der Waals surface area contributed by atoms with Crippen LogP contribution in [-0.2, 0) is 7.05 Å². The summed E-state index contributed by atoms with van der Waals surface area (Å²) in [6, 6.07) is 3.56. The Bertz CT molecular complexity index is 928. The smallest absolute Gasteiger partial charge is 0.267 e. The van der Waals surface area contributed by atoms with Crippen molar-refractivity contribution in [2.24, 2.45) is 7.05 Å². The lowest BCUT2D eigenvalue weighted by Gasteiger charge is -2.04. The molecule has 0 aromatic carbocycles. The Morgan fingerprint density at radius 3 is 2.68 bits per heavy atom. The molecule has 0 spiro atoms. The van der Waals surface area contributed by atoms with Gasteiger partial charge < -0.3 is 10.6 Å². The molecule has 0 aliphatic carbocycles. The van der Waals surface area contributed by atoms with Crippen LogP contribution in [0.15, 0.2) is 18.3 Å². The molecule has 0 saturated carbocycles. The number of hydrogen-bond acceptors (Lipinski definition) is 6. The lowest BCUT2D eigenvalue weighted by molar-refractivity contribution is 0.103. The summed E-state index contributed by atoms with van der Waals surface area (Å²) < 4.78 is 1.74. The van der Waals surface area contributed by atoms with E-state index in [1.54, 1.807) is 16.9 Å². The molecule has 3 rings (SSSR count). The van der Waals surface area contributed by atoms with E-state index in [1.165, 1.54) is 11.3 Å². The number of hydrogen-bond donors (Lipinski definition) is 2. The Hall–Kier alpha value is -2.45. The van der Waals surface area contributed by atoms with Gasteiger partial charge in [0.2, 0.25) is 0 Å². The van der Waals surface area contributed by atoms with E-state index in [-0.39, 0.29) is 5.91 Å². The molecular weight excluding hydrogens is 360 g/mol. The van der Waals surface area contributed by atoms with Crippen LogP contribution in [0.5, 0.6) is 0 Å². The molecule has 0 bridgehead atoms. The number of halogens is 1. The van der Waals surface area contributed by atoms with Crippen molar-refractivity contribution in [1.29, 1.82) is 0 Å². The Kier molecular flexibility index (Phi) is 4.73. The molecule has 130 valence electrons. The van der Waals surface area contributed by atoms with Gasteiger partial charge in [-0.2, -0.15) is 5.10 Å². The Labute approximate surface area is 154 Å². The lowest BCUT2D eigenvalue weighted by atomic mass is 10.3. The molecule has 0 atom stereocenters. The monoisotopic (exact) mass is 376 g/mol. The summed E-state index contributed by atoms with van der Waals surface area (Å²) in [5.41, 5.74) is 3.98. The van der Waals surface area contributed by atoms with Crippen molar-refractivity contribution < 1.29 is 4.79 Å². The average Bonchev–Trinajstić information content (AvgIpc) is 3.07. The maximum Gasteiger partial charge on any atom is 0.267 e. The normalized spacial score (nSPS) is 10.8. The number of nitrogens with zero attached hydrogens (tertiary/aromatic N) is 4. The summed E-state index contributed by atoms with van der Waals surface area (Å²) >= 11 is 7.21. The fraction of sp³-hybridized carbons (Fsp3) is 0.250. The molecule has 2 N–H and O–H groups in total. The van der Waals surface area contributed by atoms with E-state index < -0.39 is 0 Å². The number of aromatic nitrogens is 4. The number of carbonyl (C=O) groups excluding carboxylic acids is 1. The SMILES string of the molecule is Cc1cc(Nc2ncc(C(=O)Nc3c(C)nn(C)c3C)s2)cc(Cl)n1. The molecule has 9 heteroatoms. The fourth-order valence-electron chi connectivity index (χ4n) is 2.39. The second-order valence-corrected chi connectivity index (χ2v) is 7.02. The van der Waals surface area contributed by atoms with Crippen molar-refractivity contribution in [3.63, 3.8) is 0 Å². The Balaban J connectivity index is 1.75. The van der Waals surface area contributed by atoms with Gasteiger partial charge in [-0.15, -0.1) is 0 Å². The van der Waals surface area contributed by atoms with E-state index >= 15 is 0 Å². The maximum atomic E-state index is 12.5. The number of amides is 1. The highest BCUT2D eigenvalue weighted by atomic mass is 35.5. The van der Waals surface area contributed by atoms with Gasteiger partial charge in [-0.25, -0.2) is 9.97 Å². The molecule has 3 aromatic heterocycles. The number of pyridine rings is 1. The maximum absolute atomic E-state index is 12.5. The zero-order valence-corrected chi connectivity index (χ0v) is 15.8. The summed E-state index contributed by atoms with van der Waals surface area (Å²) in [6.45, 7) is 5.62. The van der Waals surface area contributed by atoms with Crippen LogP contribution >= 0.6 is 22.9 Å². The number of thiazole rings is 1. The second-order valence-electron chi connectivity index (χ2n) is 5.60. The van der Waals surface area contributed by atoms with Gasteiger partial charge >= 0.3 is 0 Å². The first-order valence-electron chi connectivity index (χ1n) is 7.52. The minimum Gasteiger partial charge on any atom is -0.331 e. The third kappa shape index (κ3) is 3.80. The number of anilines is 3. The highest BCUT2D eigenvalue weighted by Gasteiger charge is 2.16. The van der Waals surface area contributed by atoms with E-state index in [9.17, 15) is 4.79 Å². The summed E-state index contributed by atoms with van der Waals surface area (Å²) in [5, 5.41) is 11.3. The fourth-order valence-corrected chi connectivity index (χ4v) is 3.37. The highest BCUT2D eigenvalue weighted by Crippen LogP contribution is 2.26. The van der Waals surface area contributed by atoms with Crippen molar-refractivity contribution in [2.75, 3.05) is 10.6 Å². The van der Waals surface area contributed by atoms with Gasteiger partial charge in [-0.1, -0.05) is 22.9 Å². The van der Waals surface area contributed by atoms with E-state index in [1.807, 2.05) is 33.9 Å². The molecule has 3 heterocycles. The van der Waals surface area contributed by atoms with Crippen molar-refractivity contribution >= 4 is 45.4 Å². The first-order chi connectivity index (χ1) is 11.8. The van der Waals surface area contributed by atoms with Gasteiger partial charge in [-0.05, 0) is 32.9 Å². The van der Waals surface area contributed by atoms with Crippen LogP contribution in [0.1, 0.15) is 26.8 Å². The van der Waals surface area contributed by atoms with E-state index in [0.717, 1.165) is 28.5 Å². The van der Waals surface area contributed by atoms with Crippen LogP contribution < -0.4 is 10.6 Å². The molecule has 3 aromatic rings. The van der Waals surface area contributed by atoms with Gasteiger partial charge in [0.15, 0.2) is 5.13 Å². The van der Waals surface area contributed by atoms with Crippen molar-refractivity contribution in [2.45, 2.75) is 20.8 Å². The Morgan fingerprint density at radius 1 is 1.28 bits per heavy atom. The van der Waals surface area contributed by atoms with E-state index in [2.05, 4.69) is 25.7 Å². The third-order valence-corrected chi connectivity index (χ3v) is 4.76. The molecule has 0 aliphatic heterocycles. The molecule has 7 nitrogen and oxygen atoms in total. The van der Waals surface area contributed by atoms with Crippen LogP contribution in [0.25, 0.3) is 0 Å². The number of nitrogens with one attached hydrogen (secondary N) is 2. The predicted molar refractivity (Wildman–Crippen MR) is 100 cm³/mol. The molecule has 0 fully saturated rings. The van der Waals surface area contributed by atoms with Crippen LogP contribution in [-0.4, -0.2) is 25.7 Å². The van der Waals surface area contributed by atoms with Crippen LogP contribution in [0.2, 0.25) is 5.15 Å². The summed E-state index contributed by atoms with van der Waals surface area (Å²) in [5.74, 6) is -0.214. The van der Waals surface area contributed by atoms with Crippen molar-refractivity contribution in [3.05, 3.63) is 45.4 Å². The van der Waals surface area contributed by atoms with Crippen molar-refractivity contribution in [1.82, 2.24) is 19.7 Å². The second kappa shape index (κ2) is 6.81. The van der Waals surface area contributed by atoms with Crippen LogP contribution in [0.4, 0.5) is 16.5 Å². The Morgan fingerprint density at radius 2 is 2.04 bits per heavy atom. The minimum atomic E-state index is -0.214. The van der Waals surface area contributed by atoms with E-state index in [0.29, 0.717) is 15.2 Å². The highest BCUT2D eigenvalue weighted by molar-refractivity contribution is 7.17. The molecule has 0 aliphatic rings. The third-order valence-electron chi connectivity index (χ3n) is 3.65. The first-order valence-corrected chi connectivity index (χ1v) is 8.71. The first kappa shape index (κ1) is 17.4. The molecule has 0 saturated heterocycles. The van der Waals surface area contributed by atoms with Crippen molar-refractivity contribution in [3.8, 4) is 0 Å². The summed E-state index contributed by atoms with van der Waals surface area (Å²) in [4.78, 5) is 21.3. The summed E-state index contributed by atoms with van der Waals surface area (Å²) in [7, 11) is 1.84. The molecular formula is C16H17ClN6OS. The largest absolute Gasteiger partial charge is 0.331 e. The van der Waals surface area contributed by atoms with Crippen LogP contribution in [0, 0.1) is 20.8 Å². The van der Waals surface area contributed by atoms with Gasteiger partial charge in [0.25, 0.3) is 5.91 Å². The van der Waals surface area contributed by atoms with Gasteiger partial charge in [-0.3, -0.25) is 9.48 Å². The number of aryl methyl sites for hydroxylation is 3.